The predicted octanol–water partition coefficient (Wildman–Crippen LogP) is 2.98. The van der Waals surface area contributed by atoms with Crippen molar-refractivity contribution in [1.82, 2.24) is 14.7 Å². The van der Waals surface area contributed by atoms with E-state index >= 15 is 0 Å². The average molecular weight is 372 g/mol. The lowest BCUT2D eigenvalue weighted by Crippen LogP contribution is -2.47. The van der Waals surface area contributed by atoms with Gasteiger partial charge in [0.25, 0.3) is 0 Å². The molecule has 2 heterocycles. The number of rotatable bonds is 6. The van der Waals surface area contributed by atoms with Crippen LogP contribution in [0.25, 0.3) is 5.69 Å². The second-order valence-electron chi connectivity index (χ2n) is 6.90. The number of hydrogen-bond acceptors (Lipinski definition) is 5. The lowest BCUT2D eigenvalue weighted by molar-refractivity contribution is 0.267. The van der Waals surface area contributed by atoms with Crippen LogP contribution in [-0.2, 0) is 0 Å². The Morgan fingerprint density at radius 2 is 1.71 bits per heavy atom. The zero-order valence-electron chi connectivity index (χ0n) is 15.8. The monoisotopic (exact) mass is 372 g/mol. The van der Waals surface area contributed by atoms with Gasteiger partial charge in [-0.15, -0.1) is 0 Å². The van der Waals surface area contributed by atoms with Crippen LogP contribution in [0.3, 0.4) is 0 Å². The Hall–Kier alpha value is -3.30. The Labute approximate surface area is 165 Å². The maximum Gasteiger partial charge on any atom is 0.148 e. The largest absolute Gasteiger partial charge is 0.369 e. The molecule has 142 valence electrons. The Bertz CT molecular complexity index is 935. The van der Waals surface area contributed by atoms with Crippen molar-refractivity contribution in [3.63, 3.8) is 0 Å². The molecule has 1 N–H and O–H groups in total. The van der Waals surface area contributed by atoms with Crippen LogP contribution < -0.4 is 10.2 Å². The van der Waals surface area contributed by atoms with Crippen molar-refractivity contribution < 1.29 is 0 Å². The van der Waals surface area contributed by atoms with Crippen LogP contribution in [0.2, 0.25) is 0 Å². The van der Waals surface area contributed by atoms with E-state index in [1.165, 1.54) is 5.69 Å². The van der Waals surface area contributed by atoms with Crippen LogP contribution >= 0.6 is 0 Å². The van der Waals surface area contributed by atoms with E-state index in [9.17, 15) is 0 Å². The molecule has 0 amide bonds. The quantitative estimate of drug-likeness (QED) is 0.721. The van der Waals surface area contributed by atoms with E-state index in [4.69, 9.17) is 5.26 Å². The van der Waals surface area contributed by atoms with Crippen molar-refractivity contribution in [2.24, 2.45) is 0 Å². The summed E-state index contributed by atoms with van der Waals surface area (Å²) < 4.78 is 1.79. The first-order valence-corrected chi connectivity index (χ1v) is 9.64. The van der Waals surface area contributed by atoms with E-state index in [1.54, 1.807) is 10.7 Å². The van der Waals surface area contributed by atoms with Crippen molar-refractivity contribution in [2.75, 3.05) is 49.5 Å². The SMILES string of the molecule is N#Cc1cccc(-n2ccc(NCCN3CCN(c4ccccc4)CC3)n2)c1. The summed E-state index contributed by atoms with van der Waals surface area (Å²) in [6.45, 7) is 6.14. The molecular formula is C22H24N6. The summed E-state index contributed by atoms with van der Waals surface area (Å²) >= 11 is 0. The van der Waals surface area contributed by atoms with Crippen LogP contribution in [0.1, 0.15) is 5.56 Å². The van der Waals surface area contributed by atoms with E-state index in [1.807, 2.05) is 30.5 Å². The number of para-hydroxylation sites is 1. The highest BCUT2D eigenvalue weighted by Gasteiger charge is 2.16. The molecule has 2 aromatic carbocycles. The lowest BCUT2D eigenvalue weighted by Gasteiger charge is -2.36. The van der Waals surface area contributed by atoms with Gasteiger partial charge < -0.3 is 10.2 Å². The highest BCUT2D eigenvalue weighted by molar-refractivity contribution is 5.46. The standard InChI is InChI=1S/C22H24N6/c23-18-19-5-4-8-21(17-19)28-11-9-22(25-28)24-10-12-26-13-15-27(16-14-26)20-6-2-1-3-7-20/h1-9,11,17H,10,12-16H2,(H,24,25). The Morgan fingerprint density at radius 1 is 0.929 bits per heavy atom. The molecule has 6 nitrogen and oxygen atoms in total. The Morgan fingerprint density at radius 3 is 2.50 bits per heavy atom. The van der Waals surface area contributed by atoms with Gasteiger partial charge in [0.05, 0.1) is 17.3 Å². The van der Waals surface area contributed by atoms with Crippen LogP contribution in [-0.4, -0.2) is 53.9 Å². The van der Waals surface area contributed by atoms with Crippen molar-refractivity contribution in [3.05, 3.63) is 72.4 Å². The number of piperazine rings is 1. The highest BCUT2D eigenvalue weighted by Crippen LogP contribution is 2.15. The van der Waals surface area contributed by atoms with Crippen molar-refractivity contribution in [3.8, 4) is 11.8 Å². The number of hydrogen-bond donors (Lipinski definition) is 1. The van der Waals surface area contributed by atoms with Crippen molar-refractivity contribution in [2.45, 2.75) is 0 Å². The first-order valence-electron chi connectivity index (χ1n) is 9.64. The second kappa shape index (κ2) is 8.59. The summed E-state index contributed by atoms with van der Waals surface area (Å²) in [6.07, 6.45) is 1.91. The third-order valence-electron chi connectivity index (χ3n) is 5.06. The van der Waals surface area contributed by atoms with Gasteiger partial charge in [-0.1, -0.05) is 24.3 Å². The molecule has 0 saturated carbocycles. The summed E-state index contributed by atoms with van der Waals surface area (Å²) in [4.78, 5) is 4.93. The minimum absolute atomic E-state index is 0.636. The van der Waals surface area contributed by atoms with Crippen molar-refractivity contribution in [1.29, 1.82) is 5.26 Å². The molecular weight excluding hydrogens is 348 g/mol. The van der Waals surface area contributed by atoms with E-state index in [2.05, 4.69) is 56.6 Å². The maximum atomic E-state index is 9.04. The molecule has 4 rings (SSSR count). The first-order chi connectivity index (χ1) is 13.8. The Kier molecular flexibility index (Phi) is 5.55. The zero-order valence-corrected chi connectivity index (χ0v) is 15.8. The fraction of sp³-hybridized carbons (Fsp3) is 0.273. The van der Waals surface area contributed by atoms with E-state index in [0.717, 1.165) is 50.8 Å². The second-order valence-corrected chi connectivity index (χ2v) is 6.90. The summed E-state index contributed by atoms with van der Waals surface area (Å²) in [5.74, 6) is 0.852. The predicted molar refractivity (Wildman–Crippen MR) is 112 cm³/mol. The first kappa shape index (κ1) is 18.1. The minimum atomic E-state index is 0.636. The van der Waals surface area contributed by atoms with E-state index in [-0.39, 0.29) is 0 Å². The van der Waals surface area contributed by atoms with Crippen LogP contribution in [0.5, 0.6) is 0 Å². The summed E-state index contributed by atoms with van der Waals surface area (Å²) in [5, 5.41) is 17.0. The molecule has 0 aliphatic carbocycles. The van der Waals surface area contributed by atoms with Gasteiger partial charge in [0, 0.05) is 57.2 Å². The highest BCUT2D eigenvalue weighted by atomic mass is 15.3. The van der Waals surface area contributed by atoms with Gasteiger partial charge in [-0.3, -0.25) is 4.90 Å². The molecule has 3 aromatic rings. The van der Waals surface area contributed by atoms with Gasteiger partial charge in [0.2, 0.25) is 0 Å². The third kappa shape index (κ3) is 4.33. The summed E-state index contributed by atoms with van der Waals surface area (Å²) in [7, 11) is 0. The van der Waals surface area contributed by atoms with Gasteiger partial charge in [-0.2, -0.15) is 10.4 Å². The number of nitriles is 1. The maximum absolute atomic E-state index is 9.04. The number of nitrogens with one attached hydrogen (secondary N) is 1. The fourth-order valence-electron chi connectivity index (χ4n) is 3.49. The average Bonchev–Trinajstić information content (AvgIpc) is 3.24. The topological polar surface area (TPSA) is 60.1 Å². The lowest BCUT2D eigenvalue weighted by atomic mass is 10.2. The molecule has 0 spiro atoms. The summed E-state index contributed by atoms with van der Waals surface area (Å²) in [6, 6.07) is 22.2. The molecule has 1 aromatic heterocycles. The van der Waals surface area contributed by atoms with Crippen LogP contribution in [0.4, 0.5) is 11.5 Å². The molecule has 0 atom stereocenters. The smallest absolute Gasteiger partial charge is 0.148 e. The molecule has 28 heavy (non-hydrogen) atoms. The van der Waals surface area contributed by atoms with Gasteiger partial charge in [-0.05, 0) is 30.3 Å². The molecule has 0 bridgehead atoms. The Balaban J connectivity index is 1.24. The number of benzene rings is 2. The number of aromatic nitrogens is 2. The fourth-order valence-corrected chi connectivity index (χ4v) is 3.49. The number of nitrogens with zero attached hydrogens (tertiary/aromatic N) is 5. The van der Waals surface area contributed by atoms with E-state index < -0.39 is 0 Å². The van der Waals surface area contributed by atoms with E-state index in [0.29, 0.717) is 5.56 Å². The van der Waals surface area contributed by atoms with Crippen molar-refractivity contribution >= 4 is 11.5 Å². The van der Waals surface area contributed by atoms with Crippen LogP contribution in [0, 0.1) is 11.3 Å². The molecule has 0 radical (unpaired) electrons. The molecule has 1 aliphatic heterocycles. The third-order valence-corrected chi connectivity index (χ3v) is 5.06. The van der Waals surface area contributed by atoms with Gasteiger partial charge in [0.15, 0.2) is 0 Å². The van der Waals surface area contributed by atoms with Crippen LogP contribution in [0.15, 0.2) is 66.9 Å². The molecule has 1 saturated heterocycles. The molecule has 1 aliphatic rings. The van der Waals surface area contributed by atoms with Gasteiger partial charge in [0.1, 0.15) is 5.82 Å². The molecule has 1 fully saturated rings. The molecule has 0 unspecified atom stereocenters. The number of anilines is 2. The zero-order chi connectivity index (χ0) is 19.2. The normalized spacial score (nSPS) is 14.6. The van der Waals surface area contributed by atoms with Gasteiger partial charge in [-0.25, -0.2) is 4.68 Å². The minimum Gasteiger partial charge on any atom is -0.369 e. The summed E-state index contributed by atoms with van der Waals surface area (Å²) in [5.41, 5.74) is 2.84. The van der Waals surface area contributed by atoms with Gasteiger partial charge >= 0.3 is 0 Å². The molecule has 6 heteroatoms.